The summed E-state index contributed by atoms with van der Waals surface area (Å²) in [6.07, 6.45) is 4.16. The van der Waals surface area contributed by atoms with Crippen LogP contribution in [0.2, 0.25) is 0 Å². The third-order valence-electron chi connectivity index (χ3n) is 3.38. The smallest absolute Gasteiger partial charge is 0.230 e. The molecule has 1 amide bonds. The normalized spacial score (nSPS) is 22.0. The van der Waals surface area contributed by atoms with Gasteiger partial charge in [-0.25, -0.2) is 13.4 Å². The molecule has 2 rings (SSSR count). The van der Waals surface area contributed by atoms with Crippen LogP contribution in [0.4, 0.5) is 0 Å². The number of carbonyl (C=O) groups is 1. The predicted octanol–water partition coefficient (Wildman–Crippen LogP) is -0.392. The first-order valence-corrected chi connectivity index (χ1v) is 7.63. The van der Waals surface area contributed by atoms with Crippen LogP contribution in [0.25, 0.3) is 0 Å². The van der Waals surface area contributed by atoms with Gasteiger partial charge in [0, 0.05) is 32.5 Å². The van der Waals surface area contributed by atoms with Crippen LogP contribution in [0.1, 0.15) is 12.2 Å². The van der Waals surface area contributed by atoms with Gasteiger partial charge in [0.25, 0.3) is 0 Å². The summed E-state index contributed by atoms with van der Waals surface area (Å²) in [5.41, 5.74) is 0. The summed E-state index contributed by atoms with van der Waals surface area (Å²) in [7, 11) is 0.534. The van der Waals surface area contributed by atoms with Crippen molar-refractivity contribution in [1.29, 1.82) is 0 Å². The van der Waals surface area contributed by atoms with E-state index in [1.165, 1.54) is 0 Å². The molecule has 18 heavy (non-hydrogen) atoms. The molecule has 1 aromatic heterocycles. The molecule has 0 bridgehead atoms. The maximum atomic E-state index is 12.0. The average Bonchev–Trinajstić information content (AvgIpc) is 2.84. The van der Waals surface area contributed by atoms with E-state index in [1.54, 1.807) is 28.9 Å². The van der Waals surface area contributed by atoms with Gasteiger partial charge in [-0.1, -0.05) is 0 Å². The van der Waals surface area contributed by atoms with E-state index in [2.05, 4.69) is 4.98 Å². The fourth-order valence-electron chi connectivity index (χ4n) is 2.11. The van der Waals surface area contributed by atoms with E-state index >= 15 is 0 Å². The van der Waals surface area contributed by atoms with Crippen LogP contribution >= 0.6 is 0 Å². The Morgan fingerprint density at radius 1 is 1.61 bits per heavy atom. The van der Waals surface area contributed by atoms with Crippen molar-refractivity contribution >= 4 is 15.7 Å². The monoisotopic (exact) mass is 271 g/mol. The molecule has 1 aromatic rings. The zero-order valence-corrected chi connectivity index (χ0v) is 11.4. The first kappa shape index (κ1) is 13.1. The molecule has 100 valence electrons. The zero-order valence-electron chi connectivity index (χ0n) is 10.5. The fourth-order valence-corrected chi connectivity index (χ4v) is 3.89. The molecule has 0 aromatic carbocycles. The summed E-state index contributed by atoms with van der Waals surface area (Å²) < 4.78 is 24.6. The lowest BCUT2D eigenvalue weighted by atomic mass is 10.2. The number of carbonyl (C=O) groups excluding carboxylic acids is 1. The number of sulfone groups is 1. The topological polar surface area (TPSA) is 72.3 Å². The highest BCUT2D eigenvalue weighted by molar-refractivity contribution is 7.91. The SMILES string of the molecule is CN(C(=O)Cc1nccn1C)C1CCS(=O)(=O)C1. The molecule has 1 fully saturated rings. The van der Waals surface area contributed by atoms with Crippen molar-refractivity contribution in [1.82, 2.24) is 14.5 Å². The van der Waals surface area contributed by atoms with Crippen LogP contribution in [0.3, 0.4) is 0 Å². The highest BCUT2D eigenvalue weighted by Crippen LogP contribution is 2.17. The Balaban J connectivity index is 2.00. The Hall–Kier alpha value is -1.37. The minimum Gasteiger partial charge on any atom is -0.341 e. The van der Waals surface area contributed by atoms with Crippen molar-refractivity contribution in [3.8, 4) is 0 Å². The molecule has 0 spiro atoms. The summed E-state index contributed by atoms with van der Waals surface area (Å²) >= 11 is 0. The van der Waals surface area contributed by atoms with Gasteiger partial charge in [0.1, 0.15) is 5.82 Å². The second-order valence-corrected chi connectivity index (χ2v) is 6.92. The molecule has 7 heteroatoms. The second kappa shape index (κ2) is 4.72. The molecule has 0 radical (unpaired) electrons. The van der Waals surface area contributed by atoms with Crippen LogP contribution in [-0.4, -0.2) is 53.4 Å². The molecule has 0 saturated carbocycles. The summed E-state index contributed by atoms with van der Waals surface area (Å²) in [5, 5.41) is 0. The Labute approximate surface area is 107 Å². The number of nitrogens with zero attached hydrogens (tertiary/aromatic N) is 3. The largest absolute Gasteiger partial charge is 0.341 e. The minimum atomic E-state index is -2.96. The van der Waals surface area contributed by atoms with E-state index in [0.717, 1.165) is 0 Å². The Bertz CT molecular complexity index is 550. The molecule has 2 heterocycles. The van der Waals surface area contributed by atoms with Crippen LogP contribution in [0.15, 0.2) is 12.4 Å². The minimum absolute atomic E-state index is 0.0792. The average molecular weight is 271 g/mol. The Morgan fingerprint density at radius 2 is 2.33 bits per heavy atom. The summed E-state index contributed by atoms with van der Waals surface area (Å²) in [5.74, 6) is 0.854. The molecule has 1 saturated heterocycles. The lowest BCUT2D eigenvalue weighted by Gasteiger charge is -2.23. The highest BCUT2D eigenvalue weighted by Gasteiger charge is 2.32. The van der Waals surface area contributed by atoms with E-state index in [0.29, 0.717) is 12.2 Å². The number of aryl methyl sites for hydroxylation is 1. The van der Waals surface area contributed by atoms with Crippen molar-refractivity contribution in [2.24, 2.45) is 7.05 Å². The van der Waals surface area contributed by atoms with Gasteiger partial charge in [0.2, 0.25) is 5.91 Å². The van der Waals surface area contributed by atoms with Gasteiger partial charge < -0.3 is 9.47 Å². The quantitative estimate of drug-likeness (QED) is 0.750. The van der Waals surface area contributed by atoms with E-state index in [-0.39, 0.29) is 29.9 Å². The van der Waals surface area contributed by atoms with E-state index < -0.39 is 9.84 Å². The summed E-state index contributed by atoms with van der Waals surface area (Å²) in [6, 6.07) is -0.192. The predicted molar refractivity (Wildman–Crippen MR) is 66.7 cm³/mol. The first-order valence-electron chi connectivity index (χ1n) is 5.81. The first-order chi connectivity index (χ1) is 8.39. The van der Waals surface area contributed by atoms with Gasteiger partial charge in [-0.05, 0) is 6.42 Å². The number of rotatable bonds is 3. The summed E-state index contributed by atoms with van der Waals surface area (Å²) in [6.45, 7) is 0. The molecule has 1 unspecified atom stereocenters. The maximum Gasteiger partial charge on any atom is 0.230 e. The lowest BCUT2D eigenvalue weighted by molar-refractivity contribution is -0.130. The van der Waals surface area contributed by atoms with Crippen LogP contribution in [0, 0.1) is 0 Å². The molecule has 0 N–H and O–H groups in total. The third kappa shape index (κ3) is 2.72. The van der Waals surface area contributed by atoms with Gasteiger partial charge in [-0.15, -0.1) is 0 Å². The van der Waals surface area contributed by atoms with Crippen LogP contribution in [-0.2, 0) is 28.1 Å². The Morgan fingerprint density at radius 3 is 2.83 bits per heavy atom. The van der Waals surface area contributed by atoms with Crippen LogP contribution < -0.4 is 0 Å². The van der Waals surface area contributed by atoms with Crippen molar-refractivity contribution < 1.29 is 13.2 Å². The molecule has 1 aliphatic heterocycles. The number of hydrogen-bond donors (Lipinski definition) is 0. The highest BCUT2D eigenvalue weighted by atomic mass is 32.2. The van der Waals surface area contributed by atoms with Crippen molar-refractivity contribution in [3.05, 3.63) is 18.2 Å². The van der Waals surface area contributed by atoms with Gasteiger partial charge in [0.05, 0.1) is 17.9 Å². The summed E-state index contributed by atoms with van der Waals surface area (Å²) in [4.78, 5) is 17.7. The molecule has 1 atom stereocenters. The second-order valence-electron chi connectivity index (χ2n) is 4.69. The molecule has 1 aliphatic rings. The molecular weight excluding hydrogens is 254 g/mol. The molecule has 0 aliphatic carbocycles. The van der Waals surface area contributed by atoms with E-state index in [9.17, 15) is 13.2 Å². The van der Waals surface area contributed by atoms with Gasteiger partial charge in [0.15, 0.2) is 9.84 Å². The number of imidazole rings is 1. The fraction of sp³-hybridized carbons (Fsp3) is 0.636. The number of hydrogen-bond acceptors (Lipinski definition) is 4. The van der Waals surface area contributed by atoms with Crippen molar-refractivity contribution in [2.75, 3.05) is 18.6 Å². The van der Waals surface area contributed by atoms with E-state index in [4.69, 9.17) is 0 Å². The zero-order chi connectivity index (χ0) is 13.3. The number of amides is 1. The lowest BCUT2D eigenvalue weighted by Crippen LogP contribution is -2.39. The van der Waals surface area contributed by atoms with Gasteiger partial charge in [-0.2, -0.15) is 0 Å². The molecule has 6 nitrogen and oxygen atoms in total. The number of likely N-dealkylation sites (N-methyl/N-ethyl adjacent to an activating group) is 1. The molecular formula is C11H17N3O3S. The van der Waals surface area contributed by atoms with Gasteiger partial charge in [-0.3, -0.25) is 4.79 Å². The third-order valence-corrected chi connectivity index (χ3v) is 5.13. The van der Waals surface area contributed by atoms with Crippen LogP contribution in [0.5, 0.6) is 0 Å². The van der Waals surface area contributed by atoms with Crippen molar-refractivity contribution in [2.45, 2.75) is 18.9 Å². The standard InChI is InChI=1S/C11H17N3O3S/c1-13-5-4-12-10(13)7-11(15)14(2)9-3-6-18(16,17)8-9/h4-5,9H,3,6-8H2,1-2H3. The Kier molecular flexibility index (Phi) is 3.43. The van der Waals surface area contributed by atoms with Gasteiger partial charge >= 0.3 is 0 Å². The van der Waals surface area contributed by atoms with Crippen molar-refractivity contribution in [3.63, 3.8) is 0 Å². The van der Waals surface area contributed by atoms with E-state index in [1.807, 2.05) is 7.05 Å². The maximum absolute atomic E-state index is 12.0. The number of aromatic nitrogens is 2.